The van der Waals surface area contributed by atoms with Crippen molar-refractivity contribution in [3.8, 4) is 11.3 Å². The molecule has 2 N–H and O–H groups in total. The Labute approximate surface area is 120 Å². The summed E-state index contributed by atoms with van der Waals surface area (Å²) in [6.07, 6.45) is -4.98. The molecule has 1 heterocycles. The van der Waals surface area contributed by atoms with E-state index in [1.807, 2.05) is 0 Å². The number of carbonyl (C=O) groups excluding carboxylic acids is 1. The van der Waals surface area contributed by atoms with Crippen LogP contribution in [0.15, 0.2) is 29.6 Å². The predicted octanol–water partition coefficient (Wildman–Crippen LogP) is 3.01. The van der Waals surface area contributed by atoms with E-state index in [2.05, 4.69) is 4.98 Å². The molecule has 0 unspecified atom stereocenters. The number of aromatic nitrogens is 1. The molecule has 0 atom stereocenters. The summed E-state index contributed by atoms with van der Waals surface area (Å²) in [5, 5.41) is 11.7. The number of aromatic carboxylic acids is 1. The van der Waals surface area contributed by atoms with Crippen LogP contribution >= 0.6 is 11.3 Å². The lowest BCUT2D eigenvalue weighted by Gasteiger charge is -2.04. The molecule has 2 aromatic rings. The van der Waals surface area contributed by atoms with Gasteiger partial charge in [-0.2, -0.15) is 13.2 Å². The van der Waals surface area contributed by atoms with Crippen molar-refractivity contribution in [1.82, 2.24) is 4.98 Å². The fourth-order valence-corrected chi connectivity index (χ4v) is 2.13. The van der Waals surface area contributed by atoms with Crippen LogP contribution in [0.1, 0.15) is 10.4 Å². The maximum absolute atomic E-state index is 12.1. The predicted molar refractivity (Wildman–Crippen MR) is 69.2 cm³/mol. The van der Waals surface area contributed by atoms with Gasteiger partial charge in [0.15, 0.2) is 5.13 Å². The molecule has 0 spiro atoms. The van der Waals surface area contributed by atoms with Crippen molar-refractivity contribution < 1.29 is 27.9 Å². The molecule has 21 heavy (non-hydrogen) atoms. The first-order valence-electron chi connectivity index (χ1n) is 5.45. The number of amides is 1. The van der Waals surface area contributed by atoms with E-state index in [9.17, 15) is 22.8 Å². The molecule has 110 valence electrons. The number of benzene rings is 1. The minimum Gasteiger partial charge on any atom is -0.478 e. The quantitative estimate of drug-likeness (QED) is 0.912. The Morgan fingerprint density at radius 2 is 1.81 bits per heavy atom. The molecule has 0 radical (unpaired) electrons. The summed E-state index contributed by atoms with van der Waals surface area (Å²) in [6.45, 7) is 0. The molecule has 2 rings (SSSR count). The fraction of sp³-hybridized carbons (Fsp3) is 0.0833. The number of carbonyl (C=O) groups is 2. The minimum absolute atomic E-state index is 0.0829. The number of hydrogen-bond donors (Lipinski definition) is 2. The van der Waals surface area contributed by atoms with Gasteiger partial charge in [-0.15, -0.1) is 11.3 Å². The minimum atomic E-state index is -4.98. The van der Waals surface area contributed by atoms with Crippen molar-refractivity contribution in [3.63, 3.8) is 0 Å². The maximum atomic E-state index is 12.1. The molecule has 0 aliphatic rings. The number of thiazole rings is 1. The highest BCUT2D eigenvalue weighted by atomic mass is 32.1. The van der Waals surface area contributed by atoms with E-state index in [0.717, 1.165) is 11.3 Å². The third-order valence-corrected chi connectivity index (χ3v) is 3.17. The third-order valence-electron chi connectivity index (χ3n) is 2.41. The molecule has 0 bridgehead atoms. The normalized spacial score (nSPS) is 11.2. The van der Waals surface area contributed by atoms with E-state index in [4.69, 9.17) is 5.11 Å². The molecule has 5 nitrogen and oxygen atoms in total. The first kappa shape index (κ1) is 15.0. The molecule has 1 amide bonds. The number of anilines is 1. The summed E-state index contributed by atoms with van der Waals surface area (Å²) in [7, 11) is 0. The number of nitrogens with zero attached hydrogens (tertiary/aromatic N) is 1. The lowest BCUT2D eigenvalue weighted by molar-refractivity contribution is -0.167. The van der Waals surface area contributed by atoms with Crippen LogP contribution in [0.2, 0.25) is 0 Å². The topological polar surface area (TPSA) is 79.3 Å². The van der Waals surface area contributed by atoms with Crippen molar-refractivity contribution in [3.05, 3.63) is 35.2 Å². The summed E-state index contributed by atoms with van der Waals surface area (Å²) in [5.74, 6) is -3.18. The fourth-order valence-electron chi connectivity index (χ4n) is 1.42. The van der Waals surface area contributed by atoms with Crippen LogP contribution in [0, 0.1) is 0 Å². The van der Waals surface area contributed by atoms with Crippen molar-refractivity contribution >= 4 is 28.3 Å². The Morgan fingerprint density at radius 1 is 1.19 bits per heavy atom. The summed E-state index contributed by atoms with van der Waals surface area (Å²) >= 11 is 0.840. The number of hydrogen-bond acceptors (Lipinski definition) is 4. The van der Waals surface area contributed by atoms with Crippen molar-refractivity contribution in [1.29, 1.82) is 0 Å². The summed E-state index contributed by atoms with van der Waals surface area (Å²) in [4.78, 5) is 25.3. The zero-order valence-corrected chi connectivity index (χ0v) is 11.0. The van der Waals surface area contributed by atoms with Crippen molar-refractivity contribution in [2.24, 2.45) is 0 Å². The van der Waals surface area contributed by atoms with Gasteiger partial charge in [-0.25, -0.2) is 9.78 Å². The number of carboxylic acid groups (broad SMARTS) is 1. The zero-order valence-electron chi connectivity index (χ0n) is 10.1. The second kappa shape index (κ2) is 5.52. The Balaban J connectivity index is 2.16. The Hall–Kier alpha value is -2.42. The molecule has 9 heteroatoms. The molecule has 0 saturated heterocycles. The van der Waals surface area contributed by atoms with Gasteiger partial charge in [-0.3, -0.25) is 10.1 Å². The van der Waals surface area contributed by atoms with Gasteiger partial charge < -0.3 is 5.11 Å². The van der Waals surface area contributed by atoms with Gasteiger partial charge in [0.25, 0.3) is 0 Å². The van der Waals surface area contributed by atoms with Gasteiger partial charge in [0.1, 0.15) is 0 Å². The van der Waals surface area contributed by atoms with Gasteiger partial charge in [0, 0.05) is 10.9 Å². The van der Waals surface area contributed by atoms with Crippen LogP contribution in [0.4, 0.5) is 18.3 Å². The zero-order chi connectivity index (χ0) is 15.6. The average molecular weight is 316 g/mol. The molecule has 0 fully saturated rings. The maximum Gasteiger partial charge on any atom is 0.471 e. The van der Waals surface area contributed by atoms with Crippen LogP contribution in [-0.2, 0) is 4.79 Å². The molecule has 0 aliphatic carbocycles. The van der Waals surface area contributed by atoms with E-state index < -0.39 is 18.1 Å². The van der Waals surface area contributed by atoms with Crippen LogP contribution < -0.4 is 5.32 Å². The van der Waals surface area contributed by atoms with Gasteiger partial charge in [-0.1, -0.05) is 12.1 Å². The summed E-state index contributed by atoms with van der Waals surface area (Å²) in [5.41, 5.74) is 0.956. The average Bonchev–Trinajstić information content (AvgIpc) is 2.86. The first-order chi connectivity index (χ1) is 9.77. The van der Waals surface area contributed by atoms with Gasteiger partial charge in [0.05, 0.1) is 11.3 Å². The Kier molecular flexibility index (Phi) is 3.94. The molecule has 1 aromatic heterocycles. The van der Waals surface area contributed by atoms with Crippen LogP contribution in [0.25, 0.3) is 11.3 Å². The number of nitrogens with one attached hydrogen (secondary N) is 1. The monoisotopic (exact) mass is 316 g/mol. The second-order valence-corrected chi connectivity index (χ2v) is 4.73. The summed E-state index contributed by atoms with van der Waals surface area (Å²) in [6, 6.07) is 5.66. The number of carboxylic acids is 1. The molecular weight excluding hydrogens is 309 g/mol. The second-order valence-electron chi connectivity index (χ2n) is 3.87. The van der Waals surface area contributed by atoms with Gasteiger partial charge >= 0.3 is 18.1 Å². The van der Waals surface area contributed by atoms with E-state index >= 15 is 0 Å². The van der Waals surface area contributed by atoms with Crippen LogP contribution in [-0.4, -0.2) is 28.1 Å². The lowest BCUT2D eigenvalue weighted by atomic mass is 10.1. The Bertz CT molecular complexity index is 680. The number of halogens is 3. The third kappa shape index (κ3) is 3.57. The van der Waals surface area contributed by atoms with Gasteiger partial charge in [0.2, 0.25) is 0 Å². The largest absolute Gasteiger partial charge is 0.478 e. The highest BCUT2D eigenvalue weighted by Crippen LogP contribution is 2.26. The number of rotatable bonds is 3. The smallest absolute Gasteiger partial charge is 0.471 e. The first-order valence-corrected chi connectivity index (χ1v) is 6.33. The van der Waals surface area contributed by atoms with Crippen molar-refractivity contribution in [2.75, 3.05) is 5.32 Å². The van der Waals surface area contributed by atoms with Crippen molar-refractivity contribution in [2.45, 2.75) is 6.18 Å². The molecular formula is C12H7F3N2O3S. The van der Waals surface area contributed by atoms with E-state index in [0.29, 0.717) is 11.3 Å². The Morgan fingerprint density at radius 3 is 2.33 bits per heavy atom. The molecule has 0 saturated carbocycles. The van der Waals surface area contributed by atoms with E-state index in [1.54, 1.807) is 5.32 Å². The van der Waals surface area contributed by atoms with Crippen LogP contribution in [0.5, 0.6) is 0 Å². The van der Waals surface area contributed by atoms with E-state index in [1.165, 1.54) is 29.6 Å². The highest BCUT2D eigenvalue weighted by molar-refractivity contribution is 7.14. The molecule has 0 aliphatic heterocycles. The summed E-state index contributed by atoms with van der Waals surface area (Å²) < 4.78 is 36.3. The molecule has 1 aromatic carbocycles. The van der Waals surface area contributed by atoms with Gasteiger partial charge in [-0.05, 0) is 12.1 Å². The lowest BCUT2D eigenvalue weighted by Crippen LogP contribution is -2.29. The number of alkyl halides is 3. The standard InChI is InChI=1S/C12H7F3N2O3S/c13-12(14,15)10(20)17-11-16-8(5-21-11)6-1-3-7(4-2-6)9(18)19/h1-5H,(H,18,19)(H,16,17,20). The SMILES string of the molecule is O=C(O)c1ccc(-c2csc(NC(=O)C(F)(F)F)n2)cc1. The van der Waals surface area contributed by atoms with Crippen LogP contribution in [0.3, 0.4) is 0 Å². The highest BCUT2D eigenvalue weighted by Gasteiger charge is 2.39. The van der Waals surface area contributed by atoms with E-state index in [-0.39, 0.29) is 10.7 Å².